The van der Waals surface area contributed by atoms with E-state index in [0.29, 0.717) is 12.6 Å². The van der Waals surface area contributed by atoms with Crippen LogP contribution in [0.15, 0.2) is 22.8 Å². The normalized spacial score (nSPS) is 12.9. The molecule has 0 bridgehead atoms. The molecule has 1 aromatic rings. The van der Waals surface area contributed by atoms with E-state index < -0.39 is 0 Å². The zero-order chi connectivity index (χ0) is 20.5. The molecule has 5 heteroatoms. The fourth-order valence-corrected chi connectivity index (χ4v) is 2.47. The van der Waals surface area contributed by atoms with Crippen LogP contribution in [0.2, 0.25) is 0 Å². The molecule has 1 fully saturated rings. The minimum atomic E-state index is 0.0430. The van der Waals surface area contributed by atoms with Crippen molar-refractivity contribution in [3.8, 4) is 0 Å². The molecule has 5 nitrogen and oxygen atoms in total. The molecule has 0 atom stereocenters. The quantitative estimate of drug-likeness (QED) is 0.745. The van der Waals surface area contributed by atoms with E-state index in [1.807, 2.05) is 51.8 Å². The summed E-state index contributed by atoms with van der Waals surface area (Å²) in [4.78, 5) is 25.2. The first-order valence-corrected chi connectivity index (χ1v) is 9.89. The number of rotatable bonds is 3. The molecule has 0 unspecified atom stereocenters. The molecule has 0 radical (unpaired) electrons. The molecule has 1 aliphatic carbocycles. The van der Waals surface area contributed by atoms with Crippen molar-refractivity contribution in [1.29, 1.82) is 0 Å². The topological polar surface area (TPSA) is 53.8 Å². The Bertz CT molecular complexity index is 452. The third-order valence-electron chi connectivity index (χ3n) is 4.13. The molecule has 1 heterocycles. The second-order valence-corrected chi connectivity index (χ2v) is 5.88. The summed E-state index contributed by atoms with van der Waals surface area (Å²) in [5.41, 5.74) is 0. The predicted octanol–water partition coefficient (Wildman–Crippen LogP) is 5.11. The van der Waals surface area contributed by atoms with Gasteiger partial charge in [0.2, 0.25) is 11.8 Å². The van der Waals surface area contributed by atoms with Crippen molar-refractivity contribution in [2.24, 2.45) is 0 Å². The van der Waals surface area contributed by atoms with E-state index in [1.165, 1.54) is 39.0 Å². The Kier molecular flexibility index (Phi) is 17.0. The summed E-state index contributed by atoms with van der Waals surface area (Å²) in [5.74, 6) is 1.06. The zero-order valence-corrected chi connectivity index (χ0v) is 18.2. The first-order chi connectivity index (χ1) is 12.4. The van der Waals surface area contributed by atoms with Crippen LogP contribution < -0.4 is 0 Å². The summed E-state index contributed by atoms with van der Waals surface area (Å²) in [5, 5.41) is 0. The predicted molar refractivity (Wildman–Crippen MR) is 109 cm³/mol. The van der Waals surface area contributed by atoms with Crippen LogP contribution >= 0.6 is 0 Å². The van der Waals surface area contributed by atoms with E-state index in [1.54, 1.807) is 25.1 Å². The molecule has 26 heavy (non-hydrogen) atoms. The van der Waals surface area contributed by atoms with Gasteiger partial charge in [0.25, 0.3) is 0 Å². The monoisotopic (exact) mass is 368 g/mol. The fourth-order valence-electron chi connectivity index (χ4n) is 2.47. The molecule has 2 rings (SSSR count). The third kappa shape index (κ3) is 11.7. The maximum absolute atomic E-state index is 11.0. The van der Waals surface area contributed by atoms with Gasteiger partial charge in [-0.3, -0.25) is 9.59 Å². The molecule has 0 saturated heterocycles. The van der Waals surface area contributed by atoms with Gasteiger partial charge in [-0.1, -0.05) is 47.0 Å². The number of carbonyl (C=O) groups excluding carboxylic acids is 2. The number of hydrogen-bond acceptors (Lipinski definition) is 3. The second-order valence-electron chi connectivity index (χ2n) is 5.88. The lowest BCUT2D eigenvalue weighted by molar-refractivity contribution is -0.130. The average Bonchev–Trinajstić information content (AvgIpc) is 3.18. The number of furan rings is 1. The van der Waals surface area contributed by atoms with Crippen molar-refractivity contribution in [1.82, 2.24) is 9.80 Å². The Morgan fingerprint density at radius 2 is 1.54 bits per heavy atom. The van der Waals surface area contributed by atoms with E-state index in [9.17, 15) is 9.59 Å². The molecule has 0 aromatic carbocycles. The van der Waals surface area contributed by atoms with E-state index in [4.69, 9.17) is 4.42 Å². The summed E-state index contributed by atoms with van der Waals surface area (Å²) >= 11 is 0. The van der Waals surface area contributed by atoms with Crippen LogP contribution in [0.3, 0.4) is 0 Å². The summed E-state index contributed by atoms with van der Waals surface area (Å²) < 4.78 is 5.06. The molecule has 1 saturated carbocycles. The highest BCUT2D eigenvalue weighted by atomic mass is 16.3. The fraction of sp³-hybridized carbons (Fsp3) is 0.714. The van der Waals surface area contributed by atoms with Crippen molar-refractivity contribution in [3.05, 3.63) is 24.2 Å². The lowest BCUT2D eigenvalue weighted by Crippen LogP contribution is -2.36. The Morgan fingerprint density at radius 1 is 1.00 bits per heavy atom. The van der Waals surface area contributed by atoms with Gasteiger partial charge in [-0.05, 0) is 25.0 Å². The molecule has 2 amide bonds. The van der Waals surface area contributed by atoms with Crippen LogP contribution in [0, 0.1) is 0 Å². The maximum atomic E-state index is 11.0. The molecular formula is C21H40N2O3. The molecule has 0 N–H and O–H groups in total. The van der Waals surface area contributed by atoms with Crippen LogP contribution in [0.4, 0.5) is 0 Å². The molecule has 1 aliphatic rings. The van der Waals surface area contributed by atoms with E-state index in [-0.39, 0.29) is 11.8 Å². The minimum absolute atomic E-state index is 0.0430. The summed E-state index contributed by atoms with van der Waals surface area (Å²) in [6.07, 6.45) is 7.95. The highest BCUT2D eigenvalue weighted by Crippen LogP contribution is 2.21. The molecule has 1 aromatic heterocycles. The van der Waals surface area contributed by atoms with Gasteiger partial charge in [0.1, 0.15) is 5.76 Å². The average molecular weight is 369 g/mol. The van der Waals surface area contributed by atoms with Gasteiger partial charge >= 0.3 is 0 Å². The molecule has 0 aliphatic heterocycles. The maximum Gasteiger partial charge on any atom is 0.219 e. The molecular weight excluding hydrogens is 328 g/mol. The Morgan fingerprint density at radius 3 is 1.92 bits per heavy atom. The number of nitrogens with zero attached hydrogens (tertiary/aromatic N) is 2. The first kappa shape index (κ1) is 26.4. The number of hydrogen-bond donors (Lipinski definition) is 0. The van der Waals surface area contributed by atoms with E-state index >= 15 is 0 Å². The third-order valence-corrected chi connectivity index (χ3v) is 4.13. The van der Waals surface area contributed by atoms with Gasteiger partial charge in [-0.25, -0.2) is 0 Å². The van der Waals surface area contributed by atoms with E-state index in [0.717, 1.165) is 5.76 Å². The number of carbonyl (C=O) groups is 2. The lowest BCUT2D eigenvalue weighted by atomic mass is 9.94. The molecule has 0 spiro atoms. The van der Waals surface area contributed by atoms with Gasteiger partial charge < -0.3 is 14.2 Å². The summed E-state index contributed by atoms with van der Waals surface area (Å²) in [7, 11) is 3.66. The highest BCUT2D eigenvalue weighted by Gasteiger charge is 2.18. The number of amides is 2. The first-order valence-electron chi connectivity index (χ1n) is 9.89. The smallest absolute Gasteiger partial charge is 0.219 e. The summed E-state index contributed by atoms with van der Waals surface area (Å²) in [6, 6.07) is 4.18. The van der Waals surface area contributed by atoms with Crippen molar-refractivity contribution in [2.45, 2.75) is 86.2 Å². The standard InChI is InChI=1S/C9H17NO.C8H11NO2.2C2H6/c1-8(11)10(2)9-6-4-3-5-7-9;1-7(10)9(2)6-8-4-3-5-11-8;2*1-2/h9H,3-7H2,1-2H3;3-5H,6H2,1-2H3;2*1-2H3. The summed E-state index contributed by atoms with van der Waals surface area (Å²) in [6.45, 7) is 11.7. The van der Waals surface area contributed by atoms with Gasteiger partial charge in [0.05, 0.1) is 12.8 Å². The van der Waals surface area contributed by atoms with Crippen molar-refractivity contribution >= 4 is 11.8 Å². The zero-order valence-electron chi connectivity index (χ0n) is 18.2. The minimum Gasteiger partial charge on any atom is -0.467 e. The van der Waals surface area contributed by atoms with Gasteiger partial charge in [0, 0.05) is 34.0 Å². The Balaban J connectivity index is 0. The highest BCUT2D eigenvalue weighted by molar-refractivity contribution is 5.73. The van der Waals surface area contributed by atoms with Gasteiger partial charge in [0.15, 0.2) is 0 Å². The Hall–Kier alpha value is -1.78. The van der Waals surface area contributed by atoms with Crippen LogP contribution in [0.1, 0.15) is 79.4 Å². The van der Waals surface area contributed by atoms with Gasteiger partial charge in [-0.15, -0.1) is 0 Å². The van der Waals surface area contributed by atoms with Crippen LogP contribution in [-0.2, 0) is 16.1 Å². The largest absolute Gasteiger partial charge is 0.467 e. The van der Waals surface area contributed by atoms with Crippen LogP contribution in [0.5, 0.6) is 0 Å². The Labute approximate surface area is 160 Å². The van der Waals surface area contributed by atoms with Crippen molar-refractivity contribution in [2.75, 3.05) is 14.1 Å². The van der Waals surface area contributed by atoms with Gasteiger partial charge in [-0.2, -0.15) is 0 Å². The second kappa shape index (κ2) is 16.7. The SMILES string of the molecule is CC.CC.CC(=O)N(C)C1CCCCC1.CC(=O)N(C)Cc1ccco1. The lowest BCUT2D eigenvalue weighted by Gasteiger charge is -2.30. The molecule has 152 valence electrons. The van der Waals surface area contributed by atoms with Crippen LogP contribution in [-0.4, -0.2) is 41.8 Å². The van der Waals surface area contributed by atoms with Crippen molar-refractivity contribution < 1.29 is 14.0 Å². The van der Waals surface area contributed by atoms with E-state index in [2.05, 4.69) is 0 Å². The van der Waals surface area contributed by atoms with Crippen molar-refractivity contribution in [3.63, 3.8) is 0 Å². The van der Waals surface area contributed by atoms with Crippen LogP contribution in [0.25, 0.3) is 0 Å².